The van der Waals surface area contributed by atoms with Crippen LogP contribution < -0.4 is 4.74 Å². The molecule has 1 heterocycles. The number of methoxy groups -OCH3 is 1. The van der Waals surface area contributed by atoms with Crippen LogP contribution in [0.3, 0.4) is 0 Å². The van der Waals surface area contributed by atoms with Crippen molar-refractivity contribution in [3.05, 3.63) is 65.2 Å². The first-order valence-electron chi connectivity index (χ1n) is 6.11. The first-order valence-corrected chi connectivity index (χ1v) is 6.11. The summed E-state index contributed by atoms with van der Waals surface area (Å²) in [4.78, 5) is 0. The van der Waals surface area contributed by atoms with Crippen LogP contribution in [0.1, 0.15) is 23.6 Å². The summed E-state index contributed by atoms with van der Waals surface area (Å²) in [5.41, 5.74) is 3.35. The lowest BCUT2D eigenvalue weighted by atomic mass is 9.87. The van der Waals surface area contributed by atoms with Crippen molar-refractivity contribution in [3.63, 3.8) is 0 Å². The molecule has 2 nitrogen and oxygen atoms in total. The molecule has 2 aromatic rings. The quantitative estimate of drug-likeness (QED) is 0.800. The molecule has 0 radical (unpaired) electrons. The van der Waals surface area contributed by atoms with Gasteiger partial charge in [-0.15, -0.1) is 0 Å². The first kappa shape index (κ1) is 11.3. The lowest BCUT2D eigenvalue weighted by Crippen LogP contribution is -2.22. The van der Waals surface area contributed by atoms with Gasteiger partial charge in [0, 0.05) is 0 Å². The van der Waals surface area contributed by atoms with Crippen molar-refractivity contribution < 1.29 is 9.47 Å². The standard InChI is InChI=1S/C16H16O2/c1-16(13-7-9-14(17-2)10-8-13)15-6-4-3-5-12(15)11-18-16/h3-10H,11H2,1-2H3. The van der Waals surface area contributed by atoms with Crippen LogP contribution in [0.2, 0.25) is 0 Å². The highest BCUT2D eigenvalue weighted by Crippen LogP contribution is 2.41. The molecular formula is C16H16O2. The minimum Gasteiger partial charge on any atom is -0.497 e. The van der Waals surface area contributed by atoms with E-state index in [4.69, 9.17) is 9.47 Å². The second kappa shape index (κ2) is 4.14. The fraction of sp³-hybridized carbons (Fsp3) is 0.250. The SMILES string of the molecule is COc1ccc(C2(C)OCc3ccccc32)cc1. The van der Waals surface area contributed by atoms with Crippen LogP contribution in [0.5, 0.6) is 5.75 Å². The van der Waals surface area contributed by atoms with Gasteiger partial charge < -0.3 is 9.47 Å². The molecule has 0 saturated carbocycles. The van der Waals surface area contributed by atoms with Gasteiger partial charge in [0.05, 0.1) is 13.7 Å². The molecular weight excluding hydrogens is 224 g/mol. The van der Waals surface area contributed by atoms with Gasteiger partial charge in [-0.1, -0.05) is 36.4 Å². The van der Waals surface area contributed by atoms with Crippen LogP contribution in [-0.2, 0) is 16.9 Å². The van der Waals surface area contributed by atoms with E-state index >= 15 is 0 Å². The maximum Gasteiger partial charge on any atom is 0.118 e. The van der Waals surface area contributed by atoms with Crippen molar-refractivity contribution >= 4 is 0 Å². The molecule has 0 aliphatic carbocycles. The Labute approximate surface area is 107 Å². The summed E-state index contributed by atoms with van der Waals surface area (Å²) in [6.07, 6.45) is 0. The molecule has 1 aliphatic rings. The Morgan fingerprint density at radius 2 is 1.78 bits per heavy atom. The number of hydrogen-bond donors (Lipinski definition) is 0. The number of hydrogen-bond acceptors (Lipinski definition) is 2. The second-order valence-electron chi connectivity index (χ2n) is 4.71. The zero-order valence-corrected chi connectivity index (χ0v) is 10.6. The molecule has 1 aliphatic heterocycles. The van der Waals surface area contributed by atoms with Gasteiger partial charge in [-0.2, -0.15) is 0 Å². The van der Waals surface area contributed by atoms with E-state index < -0.39 is 0 Å². The van der Waals surface area contributed by atoms with E-state index in [-0.39, 0.29) is 5.60 Å². The Bertz CT molecular complexity index is 560. The fourth-order valence-corrected chi connectivity index (χ4v) is 2.56. The topological polar surface area (TPSA) is 18.5 Å². The average molecular weight is 240 g/mol. The van der Waals surface area contributed by atoms with Crippen molar-refractivity contribution in [1.29, 1.82) is 0 Å². The largest absolute Gasteiger partial charge is 0.497 e. The first-order chi connectivity index (χ1) is 8.74. The summed E-state index contributed by atoms with van der Waals surface area (Å²) >= 11 is 0. The van der Waals surface area contributed by atoms with Crippen LogP contribution in [0.25, 0.3) is 0 Å². The Hall–Kier alpha value is -1.80. The van der Waals surface area contributed by atoms with Gasteiger partial charge in [0.25, 0.3) is 0 Å². The van der Waals surface area contributed by atoms with E-state index in [1.54, 1.807) is 7.11 Å². The molecule has 18 heavy (non-hydrogen) atoms. The maximum atomic E-state index is 6.03. The lowest BCUT2D eigenvalue weighted by Gasteiger charge is -2.25. The molecule has 0 fully saturated rings. The minimum atomic E-state index is -0.344. The molecule has 0 aromatic heterocycles. The minimum absolute atomic E-state index is 0.344. The van der Waals surface area contributed by atoms with E-state index in [2.05, 4.69) is 43.3 Å². The highest BCUT2D eigenvalue weighted by Gasteiger charge is 2.36. The highest BCUT2D eigenvalue weighted by atomic mass is 16.5. The molecule has 0 saturated heterocycles. The van der Waals surface area contributed by atoms with Gasteiger partial charge in [-0.25, -0.2) is 0 Å². The number of benzene rings is 2. The molecule has 0 spiro atoms. The third-order valence-electron chi connectivity index (χ3n) is 3.69. The molecule has 2 heteroatoms. The zero-order valence-electron chi connectivity index (χ0n) is 10.6. The van der Waals surface area contributed by atoms with E-state index in [1.807, 2.05) is 12.1 Å². The fourth-order valence-electron chi connectivity index (χ4n) is 2.56. The van der Waals surface area contributed by atoms with Crippen LogP contribution in [0.4, 0.5) is 0 Å². The summed E-state index contributed by atoms with van der Waals surface area (Å²) in [7, 11) is 1.68. The van der Waals surface area contributed by atoms with Gasteiger partial charge in [-0.05, 0) is 35.7 Å². The molecule has 0 amide bonds. The van der Waals surface area contributed by atoms with Crippen LogP contribution >= 0.6 is 0 Å². The van der Waals surface area contributed by atoms with Gasteiger partial charge >= 0.3 is 0 Å². The van der Waals surface area contributed by atoms with E-state index in [1.165, 1.54) is 11.1 Å². The van der Waals surface area contributed by atoms with Crippen LogP contribution in [0, 0.1) is 0 Å². The molecule has 3 rings (SSSR count). The van der Waals surface area contributed by atoms with Crippen molar-refractivity contribution in [3.8, 4) is 5.75 Å². The highest BCUT2D eigenvalue weighted by molar-refractivity contribution is 5.44. The van der Waals surface area contributed by atoms with Crippen molar-refractivity contribution in [2.24, 2.45) is 0 Å². The third-order valence-corrected chi connectivity index (χ3v) is 3.69. The van der Waals surface area contributed by atoms with Crippen LogP contribution in [0.15, 0.2) is 48.5 Å². The summed E-state index contributed by atoms with van der Waals surface area (Å²) in [6.45, 7) is 2.80. The van der Waals surface area contributed by atoms with E-state index in [9.17, 15) is 0 Å². The Morgan fingerprint density at radius 3 is 2.50 bits per heavy atom. The summed E-state index contributed by atoms with van der Waals surface area (Å²) in [5.74, 6) is 0.869. The Balaban J connectivity index is 2.05. The Kier molecular flexibility index (Phi) is 2.60. The van der Waals surface area contributed by atoms with E-state index in [0.717, 1.165) is 11.3 Å². The number of rotatable bonds is 2. The number of fused-ring (bicyclic) bond motifs is 1. The molecule has 1 unspecified atom stereocenters. The normalized spacial score (nSPS) is 21.7. The molecule has 92 valence electrons. The monoisotopic (exact) mass is 240 g/mol. The van der Waals surface area contributed by atoms with Gasteiger partial charge in [-0.3, -0.25) is 0 Å². The zero-order chi connectivity index (χ0) is 12.6. The smallest absolute Gasteiger partial charge is 0.118 e. The van der Waals surface area contributed by atoms with Gasteiger partial charge in [0.1, 0.15) is 11.4 Å². The molecule has 0 bridgehead atoms. The predicted octanol–water partition coefficient (Wildman–Crippen LogP) is 3.49. The maximum absolute atomic E-state index is 6.03. The Morgan fingerprint density at radius 1 is 1.06 bits per heavy atom. The third kappa shape index (κ3) is 1.61. The summed E-state index contributed by atoms with van der Waals surface area (Å²) in [5, 5.41) is 0. The molecule has 1 atom stereocenters. The summed E-state index contributed by atoms with van der Waals surface area (Å²) < 4.78 is 11.2. The average Bonchev–Trinajstić information content (AvgIpc) is 2.78. The van der Waals surface area contributed by atoms with Crippen molar-refractivity contribution in [2.45, 2.75) is 19.1 Å². The van der Waals surface area contributed by atoms with E-state index in [0.29, 0.717) is 6.61 Å². The predicted molar refractivity (Wildman–Crippen MR) is 70.7 cm³/mol. The lowest BCUT2D eigenvalue weighted by molar-refractivity contribution is 0.00969. The van der Waals surface area contributed by atoms with Crippen LogP contribution in [-0.4, -0.2) is 7.11 Å². The van der Waals surface area contributed by atoms with Crippen molar-refractivity contribution in [1.82, 2.24) is 0 Å². The van der Waals surface area contributed by atoms with Gasteiger partial charge in [0.15, 0.2) is 0 Å². The van der Waals surface area contributed by atoms with Gasteiger partial charge in [0.2, 0.25) is 0 Å². The van der Waals surface area contributed by atoms with Crippen molar-refractivity contribution in [2.75, 3.05) is 7.11 Å². The second-order valence-corrected chi connectivity index (χ2v) is 4.71. The summed E-state index contributed by atoms with van der Waals surface area (Å²) in [6, 6.07) is 16.5. The molecule has 2 aromatic carbocycles. The number of ether oxygens (including phenoxy) is 2. The molecule has 0 N–H and O–H groups in total.